The fourth-order valence-corrected chi connectivity index (χ4v) is 3.33. The van der Waals surface area contributed by atoms with Crippen molar-refractivity contribution >= 4 is 16.7 Å². The summed E-state index contributed by atoms with van der Waals surface area (Å²) in [5.74, 6) is -3.51. The Morgan fingerprint density at radius 1 is 1.03 bits per heavy atom. The van der Waals surface area contributed by atoms with E-state index in [9.17, 15) is 31.6 Å². The third-order valence-electron chi connectivity index (χ3n) is 4.74. The Kier molecular flexibility index (Phi) is 4.61. The first-order chi connectivity index (χ1) is 14.6. The summed E-state index contributed by atoms with van der Waals surface area (Å²) >= 11 is 0. The van der Waals surface area contributed by atoms with Gasteiger partial charge in [0.1, 0.15) is 17.7 Å². The van der Waals surface area contributed by atoms with E-state index in [-0.39, 0.29) is 38.9 Å². The maximum Gasteiger partial charge on any atom is 0.416 e. The van der Waals surface area contributed by atoms with Crippen LogP contribution >= 0.6 is 0 Å². The lowest BCUT2D eigenvalue weighted by Gasteiger charge is -2.13. The summed E-state index contributed by atoms with van der Waals surface area (Å²) in [5, 5.41) is 9.74. The first-order valence-corrected chi connectivity index (χ1v) is 8.65. The molecule has 10 heteroatoms. The Labute approximate surface area is 170 Å². The van der Waals surface area contributed by atoms with E-state index in [4.69, 9.17) is 5.73 Å². The lowest BCUT2D eigenvalue weighted by molar-refractivity contribution is -0.137. The molecule has 4 aromatic rings. The fourth-order valence-electron chi connectivity index (χ4n) is 3.33. The number of H-pyrrole nitrogens is 1. The number of anilines is 1. The van der Waals surface area contributed by atoms with Gasteiger partial charge in [-0.05, 0) is 23.8 Å². The number of hydrogen-bond acceptors (Lipinski definition) is 3. The molecule has 0 spiro atoms. The minimum Gasteiger partial charge on any atom is -0.381 e. The van der Waals surface area contributed by atoms with Gasteiger partial charge in [-0.25, -0.2) is 18.2 Å². The monoisotopic (exact) mass is 432 g/mol. The molecule has 0 fully saturated rings. The summed E-state index contributed by atoms with van der Waals surface area (Å²) in [4.78, 5) is 6.47. The molecule has 0 saturated carbocycles. The molecule has 0 aliphatic carbocycles. The number of nitrogens with zero attached hydrogens (tertiary/aromatic N) is 2. The zero-order chi connectivity index (χ0) is 22.5. The van der Waals surface area contributed by atoms with Crippen LogP contribution in [-0.4, -0.2) is 9.97 Å². The molecule has 0 bridgehead atoms. The SMILES string of the molecule is N#Cc1c(-c2c[nH]c3c(F)cc(F)cc23)nc(N)c(F)c1-c1ccc(C(F)(F)F)cc1. The smallest absolute Gasteiger partial charge is 0.381 e. The highest BCUT2D eigenvalue weighted by atomic mass is 19.4. The van der Waals surface area contributed by atoms with Crippen LogP contribution in [0, 0.1) is 28.8 Å². The summed E-state index contributed by atoms with van der Waals surface area (Å²) in [5.41, 5.74) is 3.76. The zero-order valence-corrected chi connectivity index (χ0v) is 15.3. The van der Waals surface area contributed by atoms with E-state index in [1.807, 2.05) is 0 Å². The molecule has 0 aliphatic rings. The van der Waals surface area contributed by atoms with Crippen molar-refractivity contribution < 1.29 is 26.3 Å². The molecule has 0 atom stereocenters. The Balaban J connectivity index is 2.00. The van der Waals surface area contributed by atoms with E-state index in [1.165, 1.54) is 6.20 Å². The van der Waals surface area contributed by atoms with Gasteiger partial charge in [0.15, 0.2) is 11.6 Å². The number of hydrogen-bond donors (Lipinski definition) is 2. The van der Waals surface area contributed by atoms with Gasteiger partial charge in [-0.3, -0.25) is 0 Å². The van der Waals surface area contributed by atoms with E-state index < -0.39 is 35.0 Å². The first-order valence-electron chi connectivity index (χ1n) is 8.65. The molecule has 156 valence electrons. The van der Waals surface area contributed by atoms with Crippen LogP contribution in [0.25, 0.3) is 33.3 Å². The van der Waals surface area contributed by atoms with Crippen LogP contribution in [0.5, 0.6) is 0 Å². The normalized spacial score (nSPS) is 11.6. The van der Waals surface area contributed by atoms with Crippen molar-refractivity contribution in [3.63, 3.8) is 0 Å². The van der Waals surface area contributed by atoms with E-state index in [0.717, 1.165) is 30.3 Å². The molecular formula is C21H10F6N4. The van der Waals surface area contributed by atoms with Gasteiger partial charge >= 0.3 is 6.18 Å². The second-order valence-corrected chi connectivity index (χ2v) is 6.61. The highest BCUT2D eigenvalue weighted by Gasteiger charge is 2.30. The van der Waals surface area contributed by atoms with Gasteiger partial charge < -0.3 is 10.7 Å². The molecule has 0 amide bonds. The van der Waals surface area contributed by atoms with E-state index in [2.05, 4.69) is 9.97 Å². The van der Waals surface area contributed by atoms with Crippen molar-refractivity contribution in [2.45, 2.75) is 6.18 Å². The highest BCUT2D eigenvalue weighted by Crippen LogP contribution is 2.39. The third-order valence-corrected chi connectivity index (χ3v) is 4.74. The lowest BCUT2D eigenvalue weighted by Crippen LogP contribution is -2.06. The number of alkyl halides is 3. The Hall–Kier alpha value is -4.00. The number of rotatable bonds is 2. The van der Waals surface area contributed by atoms with Crippen molar-refractivity contribution in [1.82, 2.24) is 9.97 Å². The standard InChI is InChI=1S/C21H10F6N4/c22-11-5-12-14(8-30-19(12)15(23)6-11)18-13(7-28)16(17(24)20(29)31-18)9-1-3-10(4-2-9)21(25,26)27/h1-6,8,30H,(H2,29,31). The van der Waals surface area contributed by atoms with Crippen LogP contribution in [0.2, 0.25) is 0 Å². The van der Waals surface area contributed by atoms with Crippen LogP contribution in [0.4, 0.5) is 32.2 Å². The van der Waals surface area contributed by atoms with Gasteiger partial charge in [-0.1, -0.05) is 12.1 Å². The number of benzene rings is 2. The minimum atomic E-state index is -4.60. The molecule has 2 heterocycles. The van der Waals surface area contributed by atoms with E-state index in [0.29, 0.717) is 6.07 Å². The van der Waals surface area contributed by atoms with E-state index >= 15 is 0 Å². The number of nitrogens with one attached hydrogen (secondary N) is 1. The van der Waals surface area contributed by atoms with Crippen molar-refractivity contribution in [3.05, 3.63) is 71.2 Å². The number of nitriles is 1. The summed E-state index contributed by atoms with van der Waals surface area (Å²) in [7, 11) is 0. The number of pyridine rings is 1. The predicted octanol–water partition coefficient (Wildman–Crippen LogP) is 5.79. The van der Waals surface area contributed by atoms with Crippen molar-refractivity contribution in [2.75, 3.05) is 5.73 Å². The van der Waals surface area contributed by atoms with Crippen LogP contribution in [-0.2, 0) is 6.18 Å². The molecule has 0 saturated heterocycles. The average Bonchev–Trinajstić information content (AvgIpc) is 3.13. The third kappa shape index (κ3) is 3.34. The molecule has 3 N–H and O–H groups in total. The van der Waals surface area contributed by atoms with Gasteiger partial charge in [0.05, 0.1) is 22.3 Å². The minimum absolute atomic E-state index is 0.0332. The number of halogens is 6. The van der Waals surface area contributed by atoms with Crippen molar-refractivity contribution in [2.24, 2.45) is 0 Å². The average molecular weight is 432 g/mol. The molecule has 0 aliphatic heterocycles. The summed E-state index contributed by atoms with van der Waals surface area (Å²) < 4.78 is 81.2. The molecule has 4 rings (SSSR count). The molecule has 2 aromatic carbocycles. The van der Waals surface area contributed by atoms with Crippen LogP contribution < -0.4 is 5.73 Å². The van der Waals surface area contributed by atoms with Crippen LogP contribution in [0.15, 0.2) is 42.6 Å². The number of fused-ring (bicyclic) bond motifs is 1. The summed E-state index contributed by atoms with van der Waals surface area (Å²) in [6, 6.07) is 6.92. The van der Waals surface area contributed by atoms with E-state index in [1.54, 1.807) is 6.07 Å². The van der Waals surface area contributed by atoms with Gasteiger partial charge in [0, 0.05) is 28.8 Å². The molecule has 31 heavy (non-hydrogen) atoms. The van der Waals surface area contributed by atoms with Gasteiger partial charge in [0.25, 0.3) is 0 Å². The number of nitrogens with two attached hydrogens (primary N) is 1. The Morgan fingerprint density at radius 2 is 1.71 bits per heavy atom. The predicted molar refractivity (Wildman–Crippen MR) is 101 cm³/mol. The van der Waals surface area contributed by atoms with Crippen molar-refractivity contribution in [1.29, 1.82) is 5.26 Å². The zero-order valence-electron chi connectivity index (χ0n) is 15.3. The second-order valence-electron chi connectivity index (χ2n) is 6.61. The lowest BCUT2D eigenvalue weighted by atomic mass is 9.95. The largest absolute Gasteiger partial charge is 0.416 e. The fraction of sp³-hybridized carbons (Fsp3) is 0.0476. The Bertz CT molecular complexity index is 1360. The highest BCUT2D eigenvalue weighted by molar-refractivity contribution is 5.98. The molecule has 0 radical (unpaired) electrons. The topological polar surface area (TPSA) is 78.5 Å². The number of nitrogen functional groups attached to an aromatic ring is 1. The van der Waals surface area contributed by atoms with Crippen LogP contribution in [0.1, 0.15) is 11.1 Å². The molecular weight excluding hydrogens is 422 g/mol. The second kappa shape index (κ2) is 7.05. The quantitative estimate of drug-likeness (QED) is 0.394. The maximum absolute atomic E-state index is 14.8. The maximum atomic E-state index is 14.8. The molecule has 2 aromatic heterocycles. The Morgan fingerprint density at radius 3 is 2.32 bits per heavy atom. The summed E-state index contributed by atoms with van der Waals surface area (Å²) in [6.45, 7) is 0. The van der Waals surface area contributed by atoms with Crippen molar-refractivity contribution in [3.8, 4) is 28.5 Å². The molecule has 4 nitrogen and oxygen atoms in total. The van der Waals surface area contributed by atoms with Gasteiger partial charge in [-0.15, -0.1) is 0 Å². The first kappa shape index (κ1) is 20.3. The summed E-state index contributed by atoms with van der Waals surface area (Å²) in [6.07, 6.45) is -3.35. The van der Waals surface area contributed by atoms with Gasteiger partial charge in [-0.2, -0.15) is 18.4 Å². The number of aromatic amines is 1. The number of aromatic nitrogens is 2. The van der Waals surface area contributed by atoms with Gasteiger partial charge in [0.2, 0.25) is 0 Å². The van der Waals surface area contributed by atoms with Crippen LogP contribution in [0.3, 0.4) is 0 Å². The molecule has 0 unspecified atom stereocenters.